The molecule has 0 bridgehead atoms. The van der Waals surface area contributed by atoms with Crippen molar-refractivity contribution in [3.63, 3.8) is 0 Å². The van der Waals surface area contributed by atoms with Gasteiger partial charge >= 0.3 is 0 Å². The molecule has 1 aromatic carbocycles. The quantitative estimate of drug-likeness (QED) is 0.867. The van der Waals surface area contributed by atoms with Crippen molar-refractivity contribution >= 4 is 26.5 Å². The summed E-state index contributed by atoms with van der Waals surface area (Å²) in [7, 11) is -3.42. The second-order valence-electron chi connectivity index (χ2n) is 5.27. The molecule has 114 valence electrons. The van der Waals surface area contributed by atoms with E-state index in [0.29, 0.717) is 23.6 Å². The molecule has 0 atom stereocenters. The number of pyridine rings is 1. The maximum absolute atomic E-state index is 12.5. The molecule has 1 aliphatic rings. The lowest BCUT2D eigenvalue weighted by Crippen LogP contribution is -2.20. The molecular weight excluding hydrogens is 320 g/mol. The highest BCUT2D eigenvalue weighted by Gasteiger charge is 2.27. The predicted molar refractivity (Wildman–Crippen MR) is 88.2 cm³/mol. The Labute approximate surface area is 134 Å². The molecule has 2 heterocycles. The molecule has 0 N–H and O–H groups in total. The number of fused-ring (bicyclic) bond motifs is 1. The first-order valence-electron chi connectivity index (χ1n) is 6.94. The number of halogens is 1. The smallest absolute Gasteiger partial charge is 0.196 e. The normalized spacial score (nSPS) is 13.8. The summed E-state index contributed by atoms with van der Waals surface area (Å²) >= 11 is 5.99. The van der Waals surface area contributed by atoms with Crippen LogP contribution in [0.15, 0.2) is 41.5 Å². The summed E-state index contributed by atoms with van der Waals surface area (Å²) in [4.78, 5) is 8.33. The average molecular weight is 335 g/mol. The molecule has 3 rings (SSSR count). The molecule has 22 heavy (non-hydrogen) atoms. The van der Waals surface area contributed by atoms with Crippen LogP contribution in [-0.2, 0) is 22.8 Å². The molecule has 1 aliphatic heterocycles. The van der Waals surface area contributed by atoms with E-state index in [1.165, 1.54) is 0 Å². The standard InChI is InChI=1S/C16H15ClN2O2S/c1-11-9-12(4-5-14(11)17)6-8-22(20,21)16-13-3-2-7-18-15(13)10-19-16/h2-5,7,9H,6,8,10H2,1H3. The minimum Gasteiger partial charge on any atom is -0.267 e. The molecule has 0 spiro atoms. The Hall–Kier alpha value is -1.72. The molecule has 0 fully saturated rings. The van der Waals surface area contributed by atoms with E-state index >= 15 is 0 Å². The fourth-order valence-corrected chi connectivity index (χ4v) is 4.07. The van der Waals surface area contributed by atoms with Crippen molar-refractivity contribution in [3.05, 3.63) is 63.9 Å². The van der Waals surface area contributed by atoms with E-state index in [-0.39, 0.29) is 10.8 Å². The van der Waals surface area contributed by atoms with Gasteiger partial charge in [0.05, 0.1) is 18.0 Å². The van der Waals surface area contributed by atoms with Gasteiger partial charge in [-0.3, -0.25) is 9.98 Å². The monoisotopic (exact) mass is 334 g/mol. The maximum Gasteiger partial charge on any atom is 0.196 e. The van der Waals surface area contributed by atoms with Crippen LogP contribution in [0.2, 0.25) is 5.02 Å². The number of benzene rings is 1. The van der Waals surface area contributed by atoms with Gasteiger partial charge in [-0.05, 0) is 42.7 Å². The van der Waals surface area contributed by atoms with Crippen molar-refractivity contribution in [3.8, 4) is 0 Å². The van der Waals surface area contributed by atoms with Crippen molar-refractivity contribution in [1.29, 1.82) is 0 Å². The Morgan fingerprint density at radius 1 is 1.27 bits per heavy atom. The van der Waals surface area contributed by atoms with E-state index in [2.05, 4.69) is 9.98 Å². The molecule has 4 nitrogen and oxygen atoms in total. The van der Waals surface area contributed by atoms with E-state index < -0.39 is 9.84 Å². The van der Waals surface area contributed by atoms with Crippen LogP contribution in [0.4, 0.5) is 0 Å². The fourth-order valence-electron chi connectivity index (χ4n) is 2.47. The van der Waals surface area contributed by atoms with Crippen LogP contribution < -0.4 is 0 Å². The van der Waals surface area contributed by atoms with Gasteiger partial charge in [0.2, 0.25) is 0 Å². The van der Waals surface area contributed by atoms with Crippen molar-refractivity contribution in [2.75, 3.05) is 5.75 Å². The summed E-state index contributed by atoms with van der Waals surface area (Å²) < 4.78 is 25.1. The van der Waals surface area contributed by atoms with E-state index in [1.807, 2.05) is 19.1 Å². The molecule has 0 amide bonds. The van der Waals surface area contributed by atoms with Gasteiger partial charge in [0, 0.05) is 16.8 Å². The summed E-state index contributed by atoms with van der Waals surface area (Å²) in [6, 6.07) is 9.07. The van der Waals surface area contributed by atoms with Crippen LogP contribution in [0.5, 0.6) is 0 Å². The molecule has 2 aromatic rings. The van der Waals surface area contributed by atoms with Crippen molar-refractivity contribution in [2.24, 2.45) is 4.99 Å². The number of aromatic nitrogens is 1. The molecule has 1 aromatic heterocycles. The van der Waals surface area contributed by atoms with Crippen LogP contribution in [0.25, 0.3) is 0 Å². The van der Waals surface area contributed by atoms with Gasteiger partial charge < -0.3 is 0 Å². The third-order valence-corrected chi connectivity index (χ3v) is 5.77. The first kappa shape index (κ1) is 15.2. The first-order chi connectivity index (χ1) is 10.5. The third-order valence-electron chi connectivity index (χ3n) is 3.67. The van der Waals surface area contributed by atoms with Gasteiger partial charge in [0.15, 0.2) is 14.9 Å². The van der Waals surface area contributed by atoms with Crippen LogP contribution in [0, 0.1) is 6.92 Å². The van der Waals surface area contributed by atoms with Gasteiger partial charge in [0.25, 0.3) is 0 Å². The molecular formula is C16H15ClN2O2S. The van der Waals surface area contributed by atoms with Crippen LogP contribution in [0.3, 0.4) is 0 Å². The zero-order valence-electron chi connectivity index (χ0n) is 12.1. The summed E-state index contributed by atoms with van der Waals surface area (Å²) in [5.74, 6) is 0.0290. The lowest BCUT2D eigenvalue weighted by Gasteiger charge is -2.07. The Bertz CT molecular complexity index is 860. The number of nitrogens with zero attached hydrogens (tertiary/aromatic N) is 2. The third kappa shape index (κ3) is 2.91. The molecule has 0 saturated heterocycles. The number of sulfone groups is 1. The number of rotatable bonds is 3. The van der Waals surface area contributed by atoms with Gasteiger partial charge in [-0.1, -0.05) is 23.7 Å². The van der Waals surface area contributed by atoms with Crippen molar-refractivity contribution in [1.82, 2.24) is 4.98 Å². The highest BCUT2D eigenvalue weighted by atomic mass is 35.5. The summed E-state index contributed by atoms with van der Waals surface area (Å²) in [5.41, 5.74) is 3.26. The van der Waals surface area contributed by atoms with E-state index in [1.54, 1.807) is 24.4 Å². The summed E-state index contributed by atoms with van der Waals surface area (Å²) in [6.45, 7) is 2.24. The molecule has 0 radical (unpaired) electrons. The average Bonchev–Trinajstić information content (AvgIpc) is 2.93. The van der Waals surface area contributed by atoms with E-state index in [0.717, 1.165) is 16.8 Å². The Morgan fingerprint density at radius 2 is 2.09 bits per heavy atom. The predicted octanol–water partition coefficient (Wildman–Crippen LogP) is 2.96. The molecule has 0 unspecified atom stereocenters. The second kappa shape index (κ2) is 5.82. The molecule has 0 saturated carbocycles. The van der Waals surface area contributed by atoms with Crippen LogP contribution in [0.1, 0.15) is 22.4 Å². The van der Waals surface area contributed by atoms with Crippen LogP contribution >= 0.6 is 11.6 Å². The van der Waals surface area contributed by atoms with E-state index in [9.17, 15) is 8.42 Å². The SMILES string of the molecule is Cc1cc(CCS(=O)(=O)C2=NCc3ncccc32)ccc1Cl. The molecule has 0 aliphatic carbocycles. The van der Waals surface area contributed by atoms with Crippen LogP contribution in [-0.4, -0.2) is 24.2 Å². The number of hydrogen-bond acceptors (Lipinski definition) is 4. The number of aliphatic imine (C=N–C) groups is 1. The lowest BCUT2D eigenvalue weighted by atomic mass is 10.1. The summed E-state index contributed by atoms with van der Waals surface area (Å²) in [6.07, 6.45) is 2.09. The fraction of sp³-hybridized carbons (Fsp3) is 0.250. The van der Waals surface area contributed by atoms with Crippen molar-refractivity contribution in [2.45, 2.75) is 19.9 Å². The Morgan fingerprint density at radius 3 is 2.86 bits per heavy atom. The van der Waals surface area contributed by atoms with Gasteiger partial charge in [-0.2, -0.15) is 0 Å². The van der Waals surface area contributed by atoms with Crippen molar-refractivity contribution < 1.29 is 8.42 Å². The topological polar surface area (TPSA) is 59.4 Å². The zero-order valence-corrected chi connectivity index (χ0v) is 13.7. The molecule has 6 heteroatoms. The zero-order chi connectivity index (χ0) is 15.7. The van der Waals surface area contributed by atoms with Gasteiger partial charge in [0.1, 0.15) is 0 Å². The highest BCUT2D eigenvalue weighted by molar-refractivity contribution is 8.06. The summed E-state index contributed by atoms with van der Waals surface area (Å²) in [5, 5.41) is 0.855. The minimum atomic E-state index is -3.42. The number of aryl methyl sites for hydroxylation is 2. The van der Waals surface area contributed by atoms with E-state index in [4.69, 9.17) is 11.6 Å². The first-order valence-corrected chi connectivity index (χ1v) is 8.97. The minimum absolute atomic E-state index is 0.0290. The van der Waals surface area contributed by atoms with Gasteiger partial charge in [-0.25, -0.2) is 8.42 Å². The largest absolute Gasteiger partial charge is 0.267 e. The second-order valence-corrected chi connectivity index (χ2v) is 7.70. The Balaban J connectivity index is 1.79. The maximum atomic E-state index is 12.5. The van der Waals surface area contributed by atoms with Gasteiger partial charge in [-0.15, -0.1) is 0 Å². The lowest BCUT2D eigenvalue weighted by molar-refractivity contribution is 0.606. The highest BCUT2D eigenvalue weighted by Crippen LogP contribution is 2.21. The number of hydrogen-bond donors (Lipinski definition) is 0. The Kier molecular flexibility index (Phi) is 4.02.